The summed E-state index contributed by atoms with van der Waals surface area (Å²) in [6, 6.07) is 3.49. The van der Waals surface area contributed by atoms with Crippen molar-refractivity contribution in [3.05, 3.63) is 27.7 Å². The van der Waals surface area contributed by atoms with Crippen molar-refractivity contribution in [3.63, 3.8) is 0 Å². The summed E-state index contributed by atoms with van der Waals surface area (Å²) in [6.07, 6.45) is 1.78. The molecular weight excluding hydrogens is 260 g/mol. The first-order chi connectivity index (χ1) is 7.17. The van der Waals surface area contributed by atoms with Gasteiger partial charge >= 0.3 is 0 Å². The minimum Gasteiger partial charge on any atom is -0.493 e. The highest BCUT2D eigenvalue weighted by Crippen LogP contribution is 2.37. The Labute approximate surface area is 95.8 Å². The smallest absolute Gasteiger partial charge is 0.200 e. The molecule has 0 fully saturated rings. The Hall–Kier alpha value is -1.29. The molecule has 0 saturated carbocycles. The topological polar surface area (TPSA) is 35.5 Å². The molecule has 0 amide bonds. The minimum absolute atomic E-state index is 0.0223. The number of carbonyl (C=O) groups excluding carboxylic acids is 1. The minimum atomic E-state index is -0.0223. The van der Waals surface area contributed by atoms with E-state index < -0.39 is 0 Å². The van der Waals surface area contributed by atoms with E-state index in [9.17, 15) is 4.79 Å². The Morgan fingerprint density at radius 3 is 2.33 bits per heavy atom. The molecular formula is C11H9BrO3. The van der Waals surface area contributed by atoms with Crippen LogP contribution in [0.4, 0.5) is 0 Å². The van der Waals surface area contributed by atoms with E-state index in [-0.39, 0.29) is 5.78 Å². The van der Waals surface area contributed by atoms with Crippen LogP contribution in [0.1, 0.15) is 15.9 Å². The molecule has 1 aliphatic carbocycles. The summed E-state index contributed by atoms with van der Waals surface area (Å²) in [6.45, 7) is 0. The first-order valence-electron chi connectivity index (χ1n) is 4.35. The van der Waals surface area contributed by atoms with Crippen LogP contribution in [0.2, 0.25) is 0 Å². The highest BCUT2D eigenvalue weighted by molar-refractivity contribution is 9.12. The van der Waals surface area contributed by atoms with Gasteiger partial charge in [-0.15, -0.1) is 0 Å². The van der Waals surface area contributed by atoms with E-state index in [0.29, 0.717) is 21.5 Å². The molecule has 15 heavy (non-hydrogen) atoms. The van der Waals surface area contributed by atoms with Crippen molar-refractivity contribution in [1.82, 2.24) is 0 Å². The normalized spacial score (nSPS) is 13.5. The van der Waals surface area contributed by atoms with Gasteiger partial charge in [-0.2, -0.15) is 0 Å². The van der Waals surface area contributed by atoms with Crippen LogP contribution in [0.25, 0.3) is 6.08 Å². The van der Waals surface area contributed by atoms with Crippen LogP contribution < -0.4 is 9.47 Å². The molecule has 0 aliphatic heterocycles. The lowest BCUT2D eigenvalue weighted by atomic mass is 10.1. The van der Waals surface area contributed by atoms with E-state index in [1.807, 2.05) is 0 Å². The number of rotatable bonds is 2. The molecule has 78 valence electrons. The number of Topliss-reactive ketones (excluding diaryl/α,β-unsaturated/α-hetero) is 1. The maximum Gasteiger partial charge on any atom is 0.200 e. The summed E-state index contributed by atoms with van der Waals surface area (Å²) >= 11 is 3.21. The van der Waals surface area contributed by atoms with Crippen LogP contribution >= 0.6 is 15.9 Å². The molecule has 0 unspecified atom stereocenters. The number of hydrogen-bond acceptors (Lipinski definition) is 3. The second kappa shape index (κ2) is 3.70. The summed E-state index contributed by atoms with van der Waals surface area (Å²) < 4.78 is 10.8. The van der Waals surface area contributed by atoms with Gasteiger partial charge in [0.2, 0.25) is 5.78 Å². The summed E-state index contributed by atoms with van der Waals surface area (Å²) in [7, 11) is 3.12. The van der Waals surface area contributed by atoms with Gasteiger partial charge in [-0.1, -0.05) is 0 Å². The van der Waals surface area contributed by atoms with Gasteiger partial charge in [-0.25, -0.2) is 0 Å². The van der Waals surface area contributed by atoms with Crippen LogP contribution in [0.3, 0.4) is 0 Å². The molecule has 1 aliphatic rings. The van der Waals surface area contributed by atoms with E-state index in [1.165, 1.54) is 0 Å². The standard InChI is InChI=1S/C11H9BrO3/c1-14-9-4-6-3-8(12)11(13)7(6)5-10(9)15-2/h3-5H,1-2H3. The first-order valence-corrected chi connectivity index (χ1v) is 5.14. The fourth-order valence-electron chi connectivity index (χ4n) is 1.54. The molecule has 1 aromatic rings. The lowest BCUT2D eigenvalue weighted by Crippen LogP contribution is -1.97. The quantitative estimate of drug-likeness (QED) is 0.827. The fraction of sp³-hybridized carbons (Fsp3) is 0.182. The van der Waals surface area contributed by atoms with E-state index in [1.54, 1.807) is 32.4 Å². The van der Waals surface area contributed by atoms with Crippen molar-refractivity contribution < 1.29 is 14.3 Å². The highest BCUT2D eigenvalue weighted by Gasteiger charge is 2.23. The molecule has 0 heterocycles. The second-order valence-corrected chi connectivity index (χ2v) is 3.97. The van der Waals surface area contributed by atoms with Gasteiger partial charge in [0.15, 0.2) is 11.5 Å². The van der Waals surface area contributed by atoms with Crippen LogP contribution in [0.5, 0.6) is 11.5 Å². The summed E-state index contributed by atoms with van der Waals surface area (Å²) in [5, 5.41) is 0. The number of halogens is 1. The van der Waals surface area contributed by atoms with Gasteiger partial charge in [0.05, 0.1) is 18.7 Å². The van der Waals surface area contributed by atoms with E-state index in [4.69, 9.17) is 9.47 Å². The average molecular weight is 269 g/mol. The molecule has 1 aromatic carbocycles. The Morgan fingerprint density at radius 2 is 1.73 bits per heavy atom. The zero-order chi connectivity index (χ0) is 11.0. The Kier molecular flexibility index (Phi) is 2.52. The Bertz CT molecular complexity index is 463. The number of carbonyl (C=O) groups is 1. The van der Waals surface area contributed by atoms with Crippen molar-refractivity contribution in [3.8, 4) is 11.5 Å². The fourth-order valence-corrected chi connectivity index (χ4v) is 2.00. The molecule has 0 radical (unpaired) electrons. The maximum absolute atomic E-state index is 11.7. The molecule has 0 atom stereocenters. The zero-order valence-corrected chi connectivity index (χ0v) is 9.92. The second-order valence-electron chi connectivity index (χ2n) is 3.12. The third kappa shape index (κ3) is 1.55. The van der Waals surface area contributed by atoms with Crippen LogP contribution in [0.15, 0.2) is 16.6 Å². The van der Waals surface area contributed by atoms with Gasteiger partial charge in [-0.05, 0) is 39.7 Å². The predicted octanol–water partition coefficient (Wildman–Crippen LogP) is 2.64. The number of benzene rings is 1. The summed E-state index contributed by atoms with van der Waals surface area (Å²) in [5.41, 5.74) is 1.49. The number of allylic oxidation sites excluding steroid dienone is 1. The largest absolute Gasteiger partial charge is 0.493 e. The number of hydrogen-bond donors (Lipinski definition) is 0. The van der Waals surface area contributed by atoms with Crippen LogP contribution in [0, 0.1) is 0 Å². The molecule has 0 spiro atoms. The molecule has 0 saturated heterocycles. The molecule has 4 heteroatoms. The van der Waals surface area contributed by atoms with Crippen molar-refractivity contribution in [1.29, 1.82) is 0 Å². The van der Waals surface area contributed by atoms with Crippen LogP contribution in [-0.4, -0.2) is 20.0 Å². The molecule has 0 N–H and O–H groups in total. The predicted molar refractivity (Wildman–Crippen MR) is 60.8 cm³/mol. The Morgan fingerprint density at radius 1 is 1.13 bits per heavy atom. The Balaban J connectivity index is 2.59. The summed E-state index contributed by atoms with van der Waals surface area (Å²) in [4.78, 5) is 11.7. The average Bonchev–Trinajstić information content (AvgIpc) is 2.53. The number of ketones is 1. The third-order valence-corrected chi connectivity index (χ3v) is 2.89. The summed E-state index contributed by atoms with van der Waals surface area (Å²) in [5.74, 6) is 1.17. The van der Waals surface area contributed by atoms with Gasteiger partial charge in [0.1, 0.15) is 0 Å². The van der Waals surface area contributed by atoms with Crippen molar-refractivity contribution >= 4 is 27.8 Å². The number of fused-ring (bicyclic) bond motifs is 1. The molecule has 0 bridgehead atoms. The highest BCUT2D eigenvalue weighted by atomic mass is 79.9. The van der Waals surface area contributed by atoms with Crippen molar-refractivity contribution in [2.45, 2.75) is 0 Å². The van der Waals surface area contributed by atoms with Gasteiger partial charge in [0, 0.05) is 5.56 Å². The van der Waals surface area contributed by atoms with E-state index in [0.717, 1.165) is 5.56 Å². The van der Waals surface area contributed by atoms with Crippen molar-refractivity contribution in [2.75, 3.05) is 14.2 Å². The maximum atomic E-state index is 11.7. The van der Waals surface area contributed by atoms with Gasteiger partial charge in [-0.3, -0.25) is 4.79 Å². The molecule has 2 rings (SSSR count). The lowest BCUT2D eigenvalue weighted by molar-refractivity contribution is 0.104. The van der Waals surface area contributed by atoms with Gasteiger partial charge in [0.25, 0.3) is 0 Å². The third-order valence-electron chi connectivity index (χ3n) is 2.30. The number of methoxy groups -OCH3 is 2. The number of ether oxygens (including phenoxy) is 2. The first kappa shape index (κ1) is 10.2. The lowest BCUT2D eigenvalue weighted by Gasteiger charge is -2.08. The zero-order valence-electron chi connectivity index (χ0n) is 8.33. The monoisotopic (exact) mass is 268 g/mol. The SMILES string of the molecule is COc1cc2c(cc1OC)C(=O)C(Br)=C2. The molecule has 3 nitrogen and oxygen atoms in total. The van der Waals surface area contributed by atoms with E-state index >= 15 is 0 Å². The van der Waals surface area contributed by atoms with Gasteiger partial charge < -0.3 is 9.47 Å². The molecule has 0 aromatic heterocycles. The van der Waals surface area contributed by atoms with Crippen LogP contribution in [-0.2, 0) is 0 Å². The van der Waals surface area contributed by atoms with Crippen molar-refractivity contribution in [2.24, 2.45) is 0 Å². The van der Waals surface area contributed by atoms with E-state index in [2.05, 4.69) is 15.9 Å².